The first kappa shape index (κ1) is 18.3. The van der Waals surface area contributed by atoms with Crippen LogP contribution in [-0.4, -0.2) is 38.0 Å². The van der Waals surface area contributed by atoms with Gasteiger partial charge < -0.3 is 10.1 Å². The standard InChI is InChI=1S/C21H18N6O2/c1-29-18-7-4-6-17(13-18)27-20(15-8-11-22-12-9-15)19(25-26-27)21(28)24-14-16-5-2-3-10-23-16/h2-13H,14H2,1H3,(H,24,28). The van der Waals surface area contributed by atoms with Gasteiger partial charge in [0.1, 0.15) is 11.4 Å². The second kappa shape index (κ2) is 8.30. The zero-order chi connectivity index (χ0) is 20.1. The van der Waals surface area contributed by atoms with Crippen molar-refractivity contribution in [3.63, 3.8) is 0 Å². The van der Waals surface area contributed by atoms with E-state index in [1.807, 2.05) is 54.6 Å². The maximum Gasteiger partial charge on any atom is 0.274 e. The fraction of sp³-hybridized carbons (Fsp3) is 0.0952. The number of ether oxygens (including phenoxy) is 1. The molecule has 0 bridgehead atoms. The number of methoxy groups -OCH3 is 1. The zero-order valence-corrected chi connectivity index (χ0v) is 15.7. The molecule has 3 aromatic heterocycles. The molecule has 1 amide bonds. The molecule has 0 radical (unpaired) electrons. The molecule has 0 aliphatic carbocycles. The molecule has 0 aliphatic rings. The van der Waals surface area contributed by atoms with Crippen LogP contribution < -0.4 is 10.1 Å². The Bertz CT molecular complexity index is 1110. The number of carbonyl (C=O) groups is 1. The van der Waals surface area contributed by atoms with E-state index in [1.165, 1.54) is 0 Å². The third-order valence-corrected chi connectivity index (χ3v) is 4.29. The van der Waals surface area contributed by atoms with Crippen LogP contribution in [0.2, 0.25) is 0 Å². The van der Waals surface area contributed by atoms with Gasteiger partial charge in [-0.2, -0.15) is 0 Å². The number of rotatable bonds is 6. The molecule has 8 heteroatoms. The SMILES string of the molecule is COc1cccc(-n2nnc(C(=O)NCc3ccccn3)c2-c2ccncc2)c1. The fourth-order valence-corrected chi connectivity index (χ4v) is 2.88. The summed E-state index contributed by atoms with van der Waals surface area (Å²) >= 11 is 0. The fourth-order valence-electron chi connectivity index (χ4n) is 2.88. The highest BCUT2D eigenvalue weighted by atomic mass is 16.5. The lowest BCUT2D eigenvalue weighted by Crippen LogP contribution is -2.24. The lowest BCUT2D eigenvalue weighted by Gasteiger charge is -2.10. The van der Waals surface area contributed by atoms with Crippen molar-refractivity contribution >= 4 is 5.91 Å². The average Bonchev–Trinajstić information content (AvgIpc) is 3.24. The largest absolute Gasteiger partial charge is 0.497 e. The van der Waals surface area contributed by atoms with Crippen LogP contribution in [0.3, 0.4) is 0 Å². The Labute approximate surface area is 167 Å². The van der Waals surface area contributed by atoms with E-state index in [4.69, 9.17) is 4.74 Å². The number of benzene rings is 1. The summed E-state index contributed by atoms with van der Waals surface area (Å²) in [6.45, 7) is 0.293. The minimum atomic E-state index is -0.336. The minimum Gasteiger partial charge on any atom is -0.497 e. The van der Waals surface area contributed by atoms with Gasteiger partial charge in [0.25, 0.3) is 5.91 Å². The molecule has 0 atom stereocenters. The van der Waals surface area contributed by atoms with Crippen LogP contribution in [0.5, 0.6) is 5.75 Å². The van der Waals surface area contributed by atoms with Crippen molar-refractivity contribution in [2.24, 2.45) is 0 Å². The molecule has 1 N–H and O–H groups in total. The molecule has 4 aromatic rings. The number of pyridine rings is 2. The first-order valence-corrected chi connectivity index (χ1v) is 8.95. The van der Waals surface area contributed by atoms with Gasteiger partial charge in [-0.3, -0.25) is 14.8 Å². The lowest BCUT2D eigenvalue weighted by molar-refractivity contribution is 0.0946. The van der Waals surface area contributed by atoms with Crippen LogP contribution in [0.25, 0.3) is 16.9 Å². The predicted molar refractivity (Wildman–Crippen MR) is 107 cm³/mol. The van der Waals surface area contributed by atoms with E-state index in [0.717, 1.165) is 16.9 Å². The smallest absolute Gasteiger partial charge is 0.274 e. The number of amides is 1. The second-order valence-electron chi connectivity index (χ2n) is 6.14. The van der Waals surface area contributed by atoms with Crippen molar-refractivity contribution in [1.82, 2.24) is 30.3 Å². The van der Waals surface area contributed by atoms with Crippen LogP contribution in [0.1, 0.15) is 16.2 Å². The molecule has 0 fully saturated rings. The molecule has 144 valence electrons. The third-order valence-electron chi connectivity index (χ3n) is 4.29. The molecular weight excluding hydrogens is 368 g/mol. The first-order valence-electron chi connectivity index (χ1n) is 8.95. The Morgan fingerprint density at radius 1 is 1.07 bits per heavy atom. The monoisotopic (exact) mass is 386 g/mol. The van der Waals surface area contributed by atoms with E-state index in [-0.39, 0.29) is 11.6 Å². The molecular formula is C21H18N6O2. The van der Waals surface area contributed by atoms with Crippen LogP contribution in [0.15, 0.2) is 73.2 Å². The summed E-state index contributed by atoms with van der Waals surface area (Å²) in [7, 11) is 1.60. The summed E-state index contributed by atoms with van der Waals surface area (Å²) in [5, 5.41) is 11.2. The van der Waals surface area contributed by atoms with E-state index in [0.29, 0.717) is 18.0 Å². The summed E-state index contributed by atoms with van der Waals surface area (Å²) in [5.74, 6) is 0.344. The van der Waals surface area contributed by atoms with Gasteiger partial charge in [-0.25, -0.2) is 4.68 Å². The summed E-state index contributed by atoms with van der Waals surface area (Å²) in [4.78, 5) is 21.2. The van der Waals surface area contributed by atoms with E-state index < -0.39 is 0 Å². The second-order valence-corrected chi connectivity index (χ2v) is 6.14. The van der Waals surface area contributed by atoms with Gasteiger partial charge in [0.05, 0.1) is 25.0 Å². The molecule has 0 saturated carbocycles. The highest BCUT2D eigenvalue weighted by Gasteiger charge is 2.22. The Balaban J connectivity index is 1.72. The Kier molecular flexibility index (Phi) is 5.24. The van der Waals surface area contributed by atoms with Gasteiger partial charge in [0.15, 0.2) is 5.69 Å². The molecule has 0 aliphatic heterocycles. The van der Waals surface area contributed by atoms with Gasteiger partial charge in [-0.05, 0) is 36.4 Å². The van der Waals surface area contributed by atoms with Gasteiger partial charge in [0.2, 0.25) is 0 Å². The van der Waals surface area contributed by atoms with E-state index in [1.54, 1.807) is 30.4 Å². The summed E-state index contributed by atoms with van der Waals surface area (Å²) in [5.41, 5.74) is 3.05. The van der Waals surface area contributed by atoms with Crippen molar-refractivity contribution in [2.45, 2.75) is 6.54 Å². The number of nitrogens with zero attached hydrogens (tertiary/aromatic N) is 5. The van der Waals surface area contributed by atoms with Gasteiger partial charge in [-0.1, -0.05) is 17.3 Å². The van der Waals surface area contributed by atoms with E-state index in [9.17, 15) is 4.79 Å². The molecule has 8 nitrogen and oxygen atoms in total. The Hall–Kier alpha value is -4.07. The number of aromatic nitrogens is 5. The van der Waals surface area contributed by atoms with Crippen molar-refractivity contribution in [2.75, 3.05) is 7.11 Å². The van der Waals surface area contributed by atoms with Gasteiger partial charge in [0, 0.05) is 30.2 Å². The molecule has 1 aromatic carbocycles. The van der Waals surface area contributed by atoms with Crippen molar-refractivity contribution in [3.8, 4) is 22.7 Å². The quantitative estimate of drug-likeness (QED) is 0.547. The van der Waals surface area contributed by atoms with Crippen molar-refractivity contribution in [3.05, 3.63) is 84.6 Å². The van der Waals surface area contributed by atoms with Crippen LogP contribution >= 0.6 is 0 Å². The molecule has 4 rings (SSSR count). The highest BCUT2D eigenvalue weighted by molar-refractivity contribution is 5.98. The number of hydrogen-bond acceptors (Lipinski definition) is 6. The number of hydrogen-bond donors (Lipinski definition) is 1. The first-order chi connectivity index (χ1) is 14.3. The molecule has 0 spiro atoms. The Morgan fingerprint density at radius 2 is 1.93 bits per heavy atom. The summed E-state index contributed by atoms with van der Waals surface area (Å²) in [6.07, 6.45) is 5.00. The van der Waals surface area contributed by atoms with Crippen LogP contribution in [-0.2, 0) is 6.54 Å². The summed E-state index contributed by atoms with van der Waals surface area (Å²) in [6, 6.07) is 16.6. The maximum absolute atomic E-state index is 12.9. The third kappa shape index (κ3) is 3.96. The zero-order valence-electron chi connectivity index (χ0n) is 15.7. The normalized spacial score (nSPS) is 10.5. The Morgan fingerprint density at radius 3 is 2.69 bits per heavy atom. The molecule has 29 heavy (non-hydrogen) atoms. The van der Waals surface area contributed by atoms with Crippen molar-refractivity contribution in [1.29, 1.82) is 0 Å². The topological polar surface area (TPSA) is 94.8 Å². The minimum absolute atomic E-state index is 0.218. The average molecular weight is 386 g/mol. The van der Waals surface area contributed by atoms with Gasteiger partial charge >= 0.3 is 0 Å². The molecule has 0 saturated heterocycles. The van der Waals surface area contributed by atoms with Crippen LogP contribution in [0, 0.1) is 0 Å². The summed E-state index contributed by atoms with van der Waals surface area (Å²) < 4.78 is 6.92. The number of nitrogens with one attached hydrogen (secondary N) is 1. The maximum atomic E-state index is 12.9. The molecule has 0 unspecified atom stereocenters. The highest BCUT2D eigenvalue weighted by Crippen LogP contribution is 2.26. The van der Waals surface area contributed by atoms with E-state index >= 15 is 0 Å². The number of carbonyl (C=O) groups excluding carboxylic acids is 1. The van der Waals surface area contributed by atoms with E-state index in [2.05, 4.69) is 25.6 Å². The molecule has 3 heterocycles. The van der Waals surface area contributed by atoms with Crippen LogP contribution in [0.4, 0.5) is 0 Å². The van der Waals surface area contributed by atoms with Gasteiger partial charge in [-0.15, -0.1) is 5.10 Å². The van der Waals surface area contributed by atoms with Crippen molar-refractivity contribution < 1.29 is 9.53 Å². The lowest BCUT2D eigenvalue weighted by atomic mass is 10.1. The predicted octanol–water partition coefficient (Wildman–Crippen LogP) is 2.66.